The number of hydrogen-bond acceptors (Lipinski definition) is 15. The largest absolute Gasteiger partial charge is 0.393 e. The van der Waals surface area contributed by atoms with Gasteiger partial charge in [0.25, 0.3) is 0 Å². The number of terminal acetylenes is 1. The van der Waals surface area contributed by atoms with Crippen molar-refractivity contribution in [3.63, 3.8) is 0 Å². The van der Waals surface area contributed by atoms with Gasteiger partial charge in [-0.1, -0.05) is 0 Å². The molecule has 230 valence electrons. The number of aliphatic hydroxyl groups excluding tert-OH is 6. The van der Waals surface area contributed by atoms with E-state index in [1.807, 2.05) is 0 Å². The Kier molecular flexibility index (Phi) is 12.4. The van der Waals surface area contributed by atoms with Crippen LogP contribution in [-0.4, -0.2) is 142 Å². The van der Waals surface area contributed by atoms with E-state index in [2.05, 4.69) is 11.2 Å². The zero-order valence-electron chi connectivity index (χ0n) is 22.0. The van der Waals surface area contributed by atoms with Gasteiger partial charge in [-0.3, -0.25) is 4.79 Å². The van der Waals surface area contributed by atoms with Gasteiger partial charge < -0.3 is 76.8 Å². The van der Waals surface area contributed by atoms with E-state index in [9.17, 15) is 35.4 Å². The molecule has 2 heterocycles. The molecule has 16 heteroatoms. The lowest BCUT2D eigenvalue weighted by Crippen LogP contribution is -2.67. The zero-order valence-corrected chi connectivity index (χ0v) is 22.0. The Hall–Kier alpha value is -1.53. The topological polar surface area (TPSA) is 275 Å². The van der Waals surface area contributed by atoms with Crippen molar-refractivity contribution in [2.75, 3.05) is 19.7 Å². The average molecular weight is 579 g/mol. The molecule has 1 amide bonds. The molecule has 0 aromatic heterocycles. The molecule has 1 aliphatic carbocycles. The molecule has 1 saturated carbocycles. The van der Waals surface area contributed by atoms with Crippen LogP contribution in [0.3, 0.4) is 0 Å². The second-order valence-corrected chi connectivity index (χ2v) is 10.2. The Labute approximate surface area is 231 Å². The molecule has 8 unspecified atom stereocenters. The summed E-state index contributed by atoms with van der Waals surface area (Å²) >= 11 is 0. The third-order valence-corrected chi connectivity index (χ3v) is 7.19. The van der Waals surface area contributed by atoms with Crippen LogP contribution in [0.5, 0.6) is 0 Å². The van der Waals surface area contributed by atoms with Gasteiger partial charge in [0, 0.05) is 38.0 Å². The molecule has 3 aliphatic rings. The highest BCUT2D eigenvalue weighted by Gasteiger charge is 2.51. The summed E-state index contributed by atoms with van der Waals surface area (Å²) in [5.74, 6) is 2.09. The maximum absolute atomic E-state index is 12.0. The molecule has 13 N–H and O–H groups in total. The first-order chi connectivity index (χ1) is 19.0. The van der Waals surface area contributed by atoms with Crippen molar-refractivity contribution in [2.45, 2.75) is 112 Å². The monoisotopic (exact) mass is 578 g/mol. The Morgan fingerprint density at radius 1 is 0.900 bits per heavy atom. The van der Waals surface area contributed by atoms with E-state index in [4.69, 9.17) is 47.3 Å². The van der Waals surface area contributed by atoms with E-state index in [1.54, 1.807) is 0 Å². The zero-order chi connectivity index (χ0) is 29.6. The molecule has 2 saturated heterocycles. The first kappa shape index (κ1) is 33.0. The second-order valence-electron chi connectivity index (χ2n) is 10.2. The number of rotatable bonds is 11. The second kappa shape index (κ2) is 15.1. The van der Waals surface area contributed by atoms with E-state index >= 15 is 0 Å². The Balaban J connectivity index is 1.66. The van der Waals surface area contributed by atoms with Crippen molar-refractivity contribution < 1.29 is 59.1 Å². The molecule has 0 bridgehead atoms. The quantitative estimate of drug-likeness (QED) is 0.0808. The summed E-state index contributed by atoms with van der Waals surface area (Å²) in [6.07, 6.45) is -10.0. The van der Waals surface area contributed by atoms with Crippen molar-refractivity contribution in [1.82, 2.24) is 5.32 Å². The smallest absolute Gasteiger partial charge is 0.220 e. The minimum absolute atomic E-state index is 0.0878. The van der Waals surface area contributed by atoms with Crippen molar-refractivity contribution in [3.8, 4) is 12.3 Å². The molecule has 0 spiro atoms. The summed E-state index contributed by atoms with van der Waals surface area (Å²) in [5, 5.41) is 64.4. The van der Waals surface area contributed by atoms with Crippen LogP contribution in [0.1, 0.15) is 25.7 Å². The fourth-order valence-electron chi connectivity index (χ4n) is 4.88. The highest BCUT2D eigenvalue weighted by atomic mass is 16.8. The number of amides is 1. The SMILES string of the molecule is C#CCCCC(=O)NCC1O[C@H](O[C@@H]2C(N)C[C@@H](N)C(O[C@@H]3OC(CO)[C@H](O)OC3CN)C2O)C(O)C(O)[C@@H]1O. The molecule has 3 fully saturated rings. The number of nitrogens with two attached hydrogens (primary N) is 3. The van der Waals surface area contributed by atoms with E-state index in [0.29, 0.717) is 12.8 Å². The number of hydrogen-bond donors (Lipinski definition) is 10. The van der Waals surface area contributed by atoms with Crippen LogP contribution >= 0.6 is 0 Å². The van der Waals surface area contributed by atoms with Crippen LogP contribution in [0, 0.1) is 12.3 Å². The number of aliphatic hydroxyl groups is 6. The first-order valence-corrected chi connectivity index (χ1v) is 13.2. The maximum atomic E-state index is 12.0. The summed E-state index contributed by atoms with van der Waals surface area (Å²) in [4.78, 5) is 12.0. The number of carbonyl (C=O) groups is 1. The van der Waals surface area contributed by atoms with Gasteiger partial charge in [0.2, 0.25) is 5.91 Å². The number of carbonyl (C=O) groups excluding carboxylic acids is 1. The predicted molar refractivity (Wildman–Crippen MR) is 134 cm³/mol. The average Bonchev–Trinajstić information content (AvgIpc) is 2.93. The molecule has 0 aromatic carbocycles. The molecule has 14 atom stereocenters. The van der Waals surface area contributed by atoms with E-state index in [-0.39, 0.29) is 31.8 Å². The Morgan fingerprint density at radius 3 is 2.12 bits per heavy atom. The molecular formula is C24H42N4O12. The predicted octanol–water partition coefficient (Wildman–Crippen LogP) is -5.72. The van der Waals surface area contributed by atoms with Gasteiger partial charge in [-0.15, -0.1) is 12.3 Å². The maximum Gasteiger partial charge on any atom is 0.220 e. The lowest BCUT2D eigenvalue weighted by molar-refractivity contribution is -0.362. The van der Waals surface area contributed by atoms with Crippen molar-refractivity contribution in [1.29, 1.82) is 0 Å². The number of ether oxygens (including phenoxy) is 5. The number of nitrogens with one attached hydrogen (secondary N) is 1. The first-order valence-electron chi connectivity index (χ1n) is 13.2. The highest BCUT2D eigenvalue weighted by molar-refractivity contribution is 5.75. The Morgan fingerprint density at radius 2 is 1.52 bits per heavy atom. The summed E-state index contributed by atoms with van der Waals surface area (Å²) < 4.78 is 28.3. The van der Waals surface area contributed by atoms with Crippen molar-refractivity contribution in [3.05, 3.63) is 0 Å². The lowest BCUT2D eigenvalue weighted by atomic mass is 9.84. The van der Waals surface area contributed by atoms with Gasteiger partial charge in [0.1, 0.15) is 54.9 Å². The van der Waals surface area contributed by atoms with Gasteiger partial charge in [-0.2, -0.15) is 0 Å². The van der Waals surface area contributed by atoms with E-state index < -0.39 is 92.5 Å². The molecule has 2 aliphatic heterocycles. The van der Waals surface area contributed by atoms with Crippen molar-refractivity contribution in [2.24, 2.45) is 17.2 Å². The standard InChI is InChI=1S/C24H42N4O12/c1-2-3-4-5-15(30)28-8-13-16(31)17(32)18(33)24(37-13)40-21-11(27)6-10(26)20(19(21)34)39-23-12(7-25)36-22(35)14(9-29)38-23/h1,10-14,16-24,29,31-35H,3-9,25-27H2,(H,28,30)/t10-,11?,12?,13?,14?,16-,17?,18?,19?,20?,21-,22-,23+,24-/m1/s1. The highest BCUT2D eigenvalue weighted by Crippen LogP contribution is 2.31. The summed E-state index contributed by atoms with van der Waals surface area (Å²) in [7, 11) is 0. The fraction of sp³-hybridized carbons (Fsp3) is 0.875. The normalized spacial score (nSPS) is 44.1. The summed E-state index contributed by atoms with van der Waals surface area (Å²) in [6.45, 7) is -0.902. The number of unbranched alkanes of at least 4 members (excludes halogenated alkanes) is 1. The van der Waals surface area contributed by atoms with Gasteiger partial charge in [0.15, 0.2) is 18.9 Å². The summed E-state index contributed by atoms with van der Waals surface area (Å²) in [5.41, 5.74) is 18.1. The molecule has 3 rings (SSSR count). The third kappa shape index (κ3) is 7.85. The molecule has 0 radical (unpaired) electrons. The van der Waals surface area contributed by atoms with E-state index in [0.717, 1.165) is 0 Å². The van der Waals surface area contributed by atoms with Crippen LogP contribution in [0.25, 0.3) is 0 Å². The fourth-order valence-corrected chi connectivity index (χ4v) is 4.88. The van der Waals surface area contributed by atoms with Gasteiger partial charge in [-0.05, 0) is 12.8 Å². The third-order valence-electron chi connectivity index (χ3n) is 7.19. The minimum Gasteiger partial charge on any atom is -0.393 e. The van der Waals surface area contributed by atoms with Gasteiger partial charge in [0.05, 0.1) is 6.61 Å². The molecule has 0 aromatic rings. The molecule has 16 nitrogen and oxygen atoms in total. The van der Waals surface area contributed by atoms with Gasteiger partial charge >= 0.3 is 0 Å². The van der Waals surface area contributed by atoms with Crippen LogP contribution in [0.2, 0.25) is 0 Å². The van der Waals surface area contributed by atoms with Crippen LogP contribution < -0.4 is 22.5 Å². The van der Waals surface area contributed by atoms with Crippen LogP contribution in [0.4, 0.5) is 0 Å². The van der Waals surface area contributed by atoms with E-state index in [1.165, 1.54) is 0 Å². The van der Waals surface area contributed by atoms with Gasteiger partial charge in [-0.25, -0.2) is 0 Å². The lowest BCUT2D eigenvalue weighted by Gasteiger charge is -2.47. The summed E-state index contributed by atoms with van der Waals surface area (Å²) in [6, 6.07) is -1.67. The molecular weight excluding hydrogens is 536 g/mol. The Bertz CT molecular complexity index is 851. The minimum atomic E-state index is -1.73. The van der Waals surface area contributed by atoms with Crippen LogP contribution in [0.15, 0.2) is 0 Å². The van der Waals surface area contributed by atoms with Crippen LogP contribution in [-0.2, 0) is 28.5 Å². The van der Waals surface area contributed by atoms with Crippen molar-refractivity contribution >= 4 is 5.91 Å². The molecule has 40 heavy (non-hydrogen) atoms.